The Hall–Kier alpha value is -2.83. The summed E-state index contributed by atoms with van der Waals surface area (Å²) < 4.78 is 0. The number of aromatic nitrogens is 4. The molecule has 0 atom stereocenters. The number of benzene rings is 1. The lowest BCUT2D eigenvalue weighted by atomic mass is 9.96. The van der Waals surface area contributed by atoms with Crippen LogP contribution in [0.4, 0.5) is 5.95 Å². The van der Waals surface area contributed by atoms with Gasteiger partial charge in [-0.15, -0.1) is 0 Å². The molecule has 0 aliphatic carbocycles. The van der Waals surface area contributed by atoms with E-state index >= 15 is 0 Å². The van der Waals surface area contributed by atoms with Gasteiger partial charge in [0.15, 0.2) is 0 Å². The number of aromatic amines is 2. The van der Waals surface area contributed by atoms with Crippen molar-refractivity contribution in [3.63, 3.8) is 0 Å². The molecule has 0 saturated carbocycles. The van der Waals surface area contributed by atoms with Gasteiger partial charge < -0.3 is 20.2 Å². The van der Waals surface area contributed by atoms with Crippen molar-refractivity contribution in [2.24, 2.45) is 5.92 Å². The average Bonchev–Trinajstić information content (AvgIpc) is 3.31. The van der Waals surface area contributed by atoms with Gasteiger partial charge in [-0.05, 0) is 25.0 Å². The van der Waals surface area contributed by atoms with Crippen LogP contribution in [0.3, 0.4) is 0 Å². The van der Waals surface area contributed by atoms with Crippen molar-refractivity contribution < 1.29 is 4.79 Å². The molecule has 1 aliphatic heterocycles. The standard InChI is InChI=1S/C18H22N6O/c25-17(20-8-5-14-11-19-12-21-14)13-6-9-24(10-7-13)18-22-15-3-1-2-4-16(15)23-18/h1-4,11-13H,5-10H2,(H,19,21)(H,20,25)(H,22,23). The summed E-state index contributed by atoms with van der Waals surface area (Å²) in [5, 5.41) is 3.04. The zero-order valence-corrected chi connectivity index (χ0v) is 14.0. The Labute approximate surface area is 145 Å². The number of nitrogens with zero attached hydrogens (tertiary/aromatic N) is 3. The van der Waals surface area contributed by atoms with Crippen LogP contribution in [0.25, 0.3) is 11.0 Å². The molecule has 3 N–H and O–H groups in total. The van der Waals surface area contributed by atoms with E-state index in [0.29, 0.717) is 6.54 Å². The average molecular weight is 338 g/mol. The van der Waals surface area contributed by atoms with E-state index in [-0.39, 0.29) is 11.8 Å². The SMILES string of the molecule is O=C(NCCc1cnc[nH]1)C1CCN(c2nc3ccccc3[nH]2)CC1. The summed E-state index contributed by atoms with van der Waals surface area (Å²) in [6, 6.07) is 8.04. The van der Waals surface area contributed by atoms with Gasteiger partial charge in [0.2, 0.25) is 11.9 Å². The molecule has 2 aromatic heterocycles. The van der Waals surface area contributed by atoms with E-state index in [0.717, 1.165) is 55.0 Å². The molecular formula is C18H22N6O. The van der Waals surface area contributed by atoms with Crippen molar-refractivity contribution >= 4 is 22.9 Å². The quantitative estimate of drug-likeness (QED) is 0.662. The molecule has 4 rings (SSSR count). The summed E-state index contributed by atoms with van der Waals surface area (Å²) in [5.41, 5.74) is 3.08. The van der Waals surface area contributed by atoms with E-state index in [1.807, 2.05) is 24.3 Å². The second kappa shape index (κ2) is 6.96. The number of amides is 1. The van der Waals surface area contributed by atoms with E-state index < -0.39 is 0 Å². The first-order chi connectivity index (χ1) is 12.3. The van der Waals surface area contributed by atoms with Gasteiger partial charge in [0.1, 0.15) is 0 Å². The van der Waals surface area contributed by atoms with Crippen LogP contribution in [0.2, 0.25) is 0 Å². The fourth-order valence-electron chi connectivity index (χ4n) is 3.33. The first kappa shape index (κ1) is 15.7. The third-order valence-electron chi connectivity index (χ3n) is 4.79. The number of anilines is 1. The minimum absolute atomic E-state index is 0.0856. The number of H-pyrrole nitrogens is 2. The van der Waals surface area contributed by atoms with Crippen molar-refractivity contribution in [1.82, 2.24) is 25.3 Å². The number of hydrogen-bond donors (Lipinski definition) is 3. The van der Waals surface area contributed by atoms with E-state index in [1.165, 1.54) is 0 Å². The van der Waals surface area contributed by atoms with Gasteiger partial charge in [0.05, 0.1) is 17.4 Å². The molecular weight excluding hydrogens is 316 g/mol. The van der Waals surface area contributed by atoms with Gasteiger partial charge in [-0.3, -0.25) is 4.79 Å². The fourth-order valence-corrected chi connectivity index (χ4v) is 3.33. The van der Waals surface area contributed by atoms with Crippen molar-refractivity contribution in [3.05, 3.63) is 42.5 Å². The summed E-state index contributed by atoms with van der Waals surface area (Å²) in [7, 11) is 0. The van der Waals surface area contributed by atoms with Gasteiger partial charge in [-0.25, -0.2) is 9.97 Å². The van der Waals surface area contributed by atoms with Crippen molar-refractivity contribution in [1.29, 1.82) is 0 Å². The minimum atomic E-state index is 0.0856. The number of para-hydroxylation sites is 2. The Morgan fingerprint density at radius 1 is 1.28 bits per heavy atom. The Morgan fingerprint density at radius 3 is 2.88 bits per heavy atom. The Kier molecular flexibility index (Phi) is 4.37. The molecule has 1 fully saturated rings. The fraction of sp³-hybridized carbons (Fsp3) is 0.389. The van der Waals surface area contributed by atoms with E-state index in [1.54, 1.807) is 12.5 Å². The number of nitrogens with one attached hydrogen (secondary N) is 3. The van der Waals surface area contributed by atoms with Gasteiger partial charge in [-0.2, -0.15) is 0 Å². The predicted octanol–water partition coefficient (Wildman–Crippen LogP) is 1.86. The second-order valence-electron chi connectivity index (χ2n) is 6.46. The minimum Gasteiger partial charge on any atom is -0.355 e. The molecule has 0 unspecified atom stereocenters. The Morgan fingerprint density at radius 2 is 2.12 bits per heavy atom. The molecule has 1 saturated heterocycles. The highest BCUT2D eigenvalue weighted by Crippen LogP contribution is 2.23. The van der Waals surface area contributed by atoms with Crippen molar-refractivity contribution in [2.45, 2.75) is 19.3 Å². The van der Waals surface area contributed by atoms with Crippen molar-refractivity contribution in [2.75, 3.05) is 24.5 Å². The van der Waals surface area contributed by atoms with Gasteiger partial charge in [0.25, 0.3) is 0 Å². The molecule has 3 aromatic rings. The van der Waals surface area contributed by atoms with Crippen LogP contribution >= 0.6 is 0 Å². The number of carbonyl (C=O) groups excluding carboxylic acids is 1. The Bertz CT molecular complexity index is 799. The highest BCUT2D eigenvalue weighted by atomic mass is 16.1. The summed E-state index contributed by atoms with van der Waals surface area (Å²) in [6.07, 6.45) is 5.94. The van der Waals surface area contributed by atoms with Crippen LogP contribution in [-0.4, -0.2) is 45.5 Å². The monoisotopic (exact) mass is 338 g/mol. The van der Waals surface area contributed by atoms with Crippen molar-refractivity contribution in [3.8, 4) is 0 Å². The summed E-state index contributed by atoms with van der Waals surface area (Å²) in [6.45, 7) is 2.34. The van der Waals surface area contributed by atoms with Gasteiger partial charge in [-0.1, -0.05) is 12.1 Å². The molecule has 25 heavy (non-hydrogen) atoms. The maximum absolute atomic E-state index is 12.3. The molecule has 130 valence electrons. The molecule has 1 aliphatic rings. The lowest BCUT2D eigenvalue weighted by Gasteiger charge is -2.31. The smallest absolute Gasteiger partial charge is 0.223 e. The highest BCUT2D eigenvalue weighted by molar-refractivity contribution is 5.79. The number of fused-ring (bicyclic) bond motifs is 1. The molecule has 0 bridgehead atoms. The number of hydrogen-bond acceptors (Lipinski definition) is 4. The molecule has 3 heterocycles. The van der Waals surface area contributed by atoms with Crippen LogP contribution in [0.1, 0.15) is 18.5 Å². The van der Waals surface area contributed by atoms with Crippen LogP contribution < -0.4 is 10.2 Å². The molecule has 0 radical (unpaired) electrons. The topological polar surface area (TPSA) is 89.7 Å². The van der Waals surface area contributed by atoms with Gasteiger partial charge >= 0.3 is 0 Å². The maximum Gasteiger partial charge on any atom is 0.223 e. The first-order valence-corrected chi connectivity index (χ1v) is 8.74. The number of rotatable bonds is 5. The molecule has 1 amide bonds. The highest BCUT2D eigenvalue weighted by Gasteiger charge is 2.26. The number of carbonyl (C=O) groups is 1. The maximum atomic E-state index is 12.3. The lowest BCUT2D eigenvalue weighted by Crippen LogP contribution is -2.41. The van der Waals surface area contributed by atoms with Crippen LogP contribution in [-0.2, 0) is 11.2 Å². The van der Waals surface area contributed by atoms with E-state index in [4.69, 9.17) is 0 Å². The molecule has 7 nitrogen and oxygen atoms in total. The molecule has 1 aromatic carbocycles. The predicted molar refractivity (Wildman–Crippen MR) is 96.3 cm³/mol. The molecule has 7 heteroatoms. The first-order valence-electron chi connectivity index (χ1n) is 8.74. The summed E-state index contributed by atoms with van der Waals surface area (Å²) in [4.78, 5) is 29.6. The summed E-state index contributed by atoms with van der Waals surface area (Å²) >= 11 is 0. The third kappa shape index (κ3) is 3.50. The number of piperidine rings is 1. The van der Waals surface area contributed by atoms with Gasteiger partial charge in [0, 0.05) is 43.9 Å². The lowest BCUT2D eigenvalue weighted by molar-refractivity contribution is -0.125. The molecule has 0 spiro atoms. The van der Waals surface area contributed by atoms with Crippen LogP contribution in [0.15, 0.2) is 36.8 Å². The largest absolute Gasteiger partial charge is 0.355 e. The van der Waals surface area contributed by atoms with Crippen LogP contribution in [0, 0.1) is 5.92 Å². The summed E-state index contributed by atoms with van der Waals surface area (Å²) in [5.74, 6) is 1.14. The third-order valence-corrected chi connectivity index (χ3v) is 4.79. The van der Waals surface area contributed by atoms with E-state index in [2.05, 4.69) is 30.2 Å². The number of imidazole rings is 2. The Balaban J connectivity index is 1.28. The zero-order valence-electron chi connectivity index (χ0n) is 14.0. The zero-order chi connectivity index (χ0) is 17.1. The van der Waals surface area contributed by atoms with E-state index in [9.17, 15) is 4.79 Å². The normalized spacial score (nSPS) is 15.6. The second-order valence-corrected chi connectivity index (χ2v) is 6.46. The van der Waals surface area contributed by atoms with Crippen LogP contribution in [0.5, 0.6) is 0 Å².